The number of imidazole rings is 1. The minimum Gasteiger partial charge on any atom is -0.478 e. The standard InChI is InChI=1S/C33H27F4N3O4/c1-33(2)17-43-16-29(33)40-28-12-19(32(41)42)7-9-27(28)38-30(40)13-20-11-24(36)21(14-23(20)35)26-4-3-5-31(39-26)44-15-18-6-8-22(34)25(37)10-18/h3-12,14,29H,13,15-17H2,1-2H3,(H,41,42)/t29-/m1/s1. The third kappa shape index (κ3) is 5.62. The van der Waals surface area contributed by atoms with E-state index in [1.165, 1.54) is 30.3 Å². The molecule has 2 aromatic heterocycles. The summed E-state index contributed by atoms with van der Waals surface area (Å²) in [6.45, 7) is 4.78. The van der Waals surface area contributed by atoms with E-state index in [1.54, 1.807) is 12.1 Å². The van der Waals surface area contributed by atoms with Crippen LogP contribution in [0.1, 0.15) is 47.2 Å². The van der Waals surface area contributed by atoms with Crippen molar-refractivity contribution in [2.75, 3.05) is 13.2 Å². The van der Waals surface area contributed by atoms with Crippen LogP contribution < -0.4 is 4.74 Å². The van der Waals surface area contributed by atoms with Crippen LogP contribution in [0.3, 0.4) is 0 Å². The number of halogens is 4. The third-order valence-corrected chi connectivity index (χ3v) is 7.83. The molecule has 0 amide bonds. The molecule has 1 fully saturated rings. The Bertz CT molecular complexity index is 1910. The maximum absolute atomic E-state index is 15.6. The van der Waals surface area contributed by atoms with E-state index in [2.05, 4.69) is 9.97 Å². The molecule has 5 aromatic rings. The molecule has 0 unspecified atom stereocenters. The summed E-state index contributed by atoms with van der Waals surface area (Å²) in [5, 5.41) is 9.57. The quantitative estimate of drug-likeness (QED) is 0.190. The highest BCUT2D eigenvalue weighted by molar-refractivity contribution is 5.92. The minimum atomic E-state index is -1.08. The SMILES string of the molecule is CC1(C)COC[C@H]1n1c(Cc2cc(F)c(-c3cccc(OCc4ccc(F)c(F)c4)n3)cc2F)nc2ccc(C(=O)O)cc21. The van der Waals surface area contributed by atoms with Crippen LogP contribution in [0, 0.1) is 28.7 Å². The van der Waals surface area contributed by atoms with Crippen molar-refractivity contribution in [3.8, 4) is 17.1 Å². The molecule has 1 saturated heterocycles. The maximum Gasteiger partial charge on any atom is 0.335 e. The van der Waals surface area contributed by atoms with Gasteiger partial charge >= 0.3 is 5.97 Å². The summed E-state index contributed by atoms with van der Waals surface area (Å²) >= 11 is 0. The summed E-state index contributed by atoms with van der Waals surface area (Å²) < 4.78 is 71.1. The van der Waals surface area contributed by atoms with Crippen LogP contribution in [0.25, 0.3) is 22.3 Å². The molecule has 0 aliphatic carbocycles. The lowest BCUT2D eigenvalue weighted by Crippen LogP contribution is -2.27. The van der Waals surface area contributed by atoms with Crippen molar-refractivity contribution in [2.24, 2.45) is 5.41 Å². The van der Waals surface area contributed by atoms with Crippen molar-refractivity contribution >= 4 is 17.0 Å². The lowest BCUT2D eigenvalue weighted by atomic mass is 9.87. The molecule has 0 spiro atoms. The Morgan fingerprint density at radius 2 is 1.80 bits per heavy atom. The Labute approximate surface area is 249 Å². The molecular weight excluding hydrogens is 578 g/mol. The Balaban J connectivity index is 1.31. The fourth-order valence-corrected chi connectivity index (χ4v) is 5.45. The average Bonchev–Trinajstić information content (AvgIpc) is 3.52. The zero-order valence-electron chi connectivity index (χ0n) is 23.8. The van der Waals surface area contributed by atoms with Gasteiger partial charge in [0.2, 0.25) is 5.88 Å². The molecule has 1 N–H and O–H groups in total. The van der Waals surface area contributed by atoms with Gasteiger partial charge in [-0.3, -0.25) is 0 Å². The van der Waals surface area contributed by atoms with Gasteiger partial charge in [0.05, 0.1) is 41.5 Å². The number of carbonyl (C=O) groups is 1. The highest BCUT2D eigenvalue weighted by Crippen LogP contribution is 2.40. The lowest BCUT2D eigenvalue weighted by molar-refractivity contribution is 0.0697. The van der Waals surface area contributed by atoms with Gasteiger partial charge < -0.3 is 19.1 Å². The number of rotatable bonds is 8. The van der Waals surface area contributed by atoms with Crippen molar-refractivity contribution in [2.45, 2.75) is 32.9 Å². The van der Waals surface area contributed by atoms with Gasteiger partial charge in [-0.25, -0.2) is 32.3 Å². The average molecular weight is 606 g/mol. The van der Waals surface area contributed by atoms with E-state index < -0.39 is 29.2 Å². The Morgan fingerprint density at radius 3 is 2.52 bits per heavy atom. The number of aromatic nitrogens is 3. The minimum absolute atomic E-state index is 0.0580. The van der Waals surface area contributed by atoms with Gasteiger partial charge in [-0.15, -0.1) is 0 Å². The van der Waals surface area contributed by atoms with Gasteiger partial charge in [-0.1, -0.05) is 26.0 Å². The summed E-state index contributed by atoms with van der Waals surface area (Å²) in [6, 6.07) is 14.5. The van der Waals surface area contributed by atoms with Crippen LogP contribution in [-0.2, 0) is 17.8 Å². The number of benzene rings is 3. The normalized spacial score (nSPS) is 16.0. The number of ether oxygens (including phenoxy) is 2. The molecule has 3 heterocycles. The van der Waals surface area contributed by atoms with Gasteiger partial charge in [0.15, 0.2) is 11.6 Å². The summed E-state index contributed by atoms with van der Waals surface area (Å²) in [5.74, 6) is -3.92. The van der Waals surface area contributed by atoms with Crippen molar-refractivity contribution in [3.63, 3.8) is 0 Å². The monoisotopic (exact) mass is 605 g/mol. The summed E-state index contributed by atoms with van der Waals surface area (Å²) in [4.78, 5) is 20.7. The van der Waals surface area contributed by atoms with Crippen molar-refractivity contribution in [3.05, 3.63) is 113 Å². The third-order valence-electron chi connectivity index (χ3n) is 7.83. The van der Waals surface area contributed by atoms with E-state index in [1.807, 2.05) is 18.4 Å². The van der Waals surface area contributed by atoms with Gasteiger partial charge in [-0.2, -0.15) is 0 Å². The smallest absolute Gasteiger partial charge is 0.335 e. The second kappa shape index (κ2) is 11.4. The number of carboxylic acids is 1. The van der Waals surface area contributed by atoms with E-state index >= 15 is 8.78 Å². The Kier molecular flexibility index (Phi) is 7.58. The lowest BCUT2D eigenvalue weighted by Gasteiger charge is -2.28. The molecule has 7 nitrogen and oxygen atoms in total. The van der Waals surface area contributed by atoms with Crippen molar-refractivity contribution in [1.29, 1.82) is 0 Å². The number of pyridine rings is 1. The number of fused-ring (bicyclic) bond motifs is 1. The van der Waals surface area contributed by atoms with E-state index in [9.17, 15) is 18.7 Å². The fraction of sp³-hybridized carbons (Fsp3) is 0.242. The first-order valence-electron chi connectivity index (χ1n) is 13.8. The molecule has 0 bridgehead atoms. The second-order valence-corrected chi connectivity index (χ2v) is 11.4. The Morgan fingerprint density at radius 1 is 0.977 bits per heavy atom. The molecule has 0 radical (unpaired) electrons. The Hall–Kier alpha value is -4.77. The highest BCUT2D eigenvalue weighted by atomic mass is 19.2. The molecule has 3 aromatic carbocycles. The van der Waals surface area contributed by atoms with E-state index in [-0.39, 0.29) is 52.7 Å². The van der Waals surface area contributed by atoms with Gasteiger partial charge in [-0.05, 0) is 59.7 Å². The number of hydrogen-bond donors (Lipinski definition) is 1. The molecule has 11 heteroatoms. The number of nitrogens with zero attached hydrogens (tertiary/aromatic N) is 3. The van der Waals surface area contributed by atoms with Gasteiger partial charge in [0, 0.05) is 23.5 Å². The molecule has 0 saturated carbocycles. The van der Waals surface area contributed by atoms with Gasteiger partial charge in [0.1, 0.15) is 24.1 Å². The van der Waals surface area contributed by atoms with Crippen molar-refractivity contribution < 1.29 is 36.9 Å². The molecule has 6 rings (SSSR count). The highest BCUT2D eigenvalue weighted by Gasteiger charge is 2.39. The first-order chi connectivity index (χ1) is 21.0. The fourth-order valence-electron chi connectivity index (χ4n) is 5.45. The molecule has 1 aliphatic heterocycles. The summed E-state index contributed by atoms with van der Waals surface area (Å²) in [6.07, 6.45) is -0.0580. The number of carboxylic acid groups (broad SMARTS) is 1. The number of hydrogen-bond acceptors (Lipinski definition) is 5. The van der Waals surface area contributed by atoms with Crippen LogP contribution >= 0.6 is 0 Å². The second-order valence-electron chi connectivity index (χ2n) is 11.4. The summed E-state index contributed by atoms with van der Waals surface area (Å²) in [5.41, 5.74) is 1.34. The van der Waals surface area contributed by atoms with Crippen LogP contribution in [-0.4, -0.2) is 38.8 Å². The molecule has 44 heavy (non-hydrogen) atoms. The summed E-state index contributed by atoms with van der Waals surface area (Å²) in [7, 11) is 0. The van der Waals surface area contributed by atoms with Crippen LogP contribution in [0.5, 0.6) is 5.88 Å². The predicted octanol–water partition coefficient (Wildman–Crippen LogP) is 7.12. The predicted molar refractivity (Wildman–Crippen MR) is 153 cm³/mol. The van der Waals surface area contributed by atoms with E-state index in [0.29, 0.717) is 35.6 Å². The first-order valence-corrected chi connectivity index (χ1v) is 13.8. The van der Waals surface area contributed by atoms with Crippen molar-refractivity contribution in [1.82, 2.24) is 14.5 Å². The maximum atomic E-state index is 15.6. The molecule has 1 atom stereocenters. The molecule has 226 valence electrons. The topological polar surface area (TPSA) is 86.5 Å². The molecule has 1 aliphatic rings. The van der Waals surface area contributed by atoms with E-state index in [4.69, 9.17) is 9.47 Å². The zero-order chi connectivity index (χ0) is 31.2. The van der Waals surface area contributed by atoms with E-state index in [0.717, 1.165) is 24.3 Å². The largest absolute Gasteiger partial charge is 0.478 e. The first kappa shape index (κ1) is 29.3. The zero-order valence-corrected chi connectivity index (χ0v) is 23.8. The van der Waals surface area contributed by atoms with Crippen LogP contribution in [0.15, 0.2) is 66.7 Å². The molecular formula is C33H27F4N3O4. The van der Waals surface area contributed by atoms with Gasteiger partial charge in [0.25, 0.3) is 0 Å². The van der Waals surface area contributed by atoms with Crippen LogP contribution in [0.2, 0.25) is 0 Å². The number of aromatic carboxylic acids is 1. The van der Waals surface area contributed by atoms with Crippen LogP contribution in [0.4, 0.5) is 17.6 Å².